The van der Waals surface area contributed by atoms with Crippen LogP contribution in [0.25, 0.3) is 0 Å². The molecule has 0 heterocycles. The maximum atomic E-state index is 11.9. The third-order valence-electron chi connectivity index (χ3n) is 3.53. The van der Waals surface area contributed by atoms with Gasteiger partial charge in [-0.1, -0.05) is 36.4 Å². The van der Waals surface area contributed by atoms with E-state index in [1.807, 2.05) is 30.3 Å². The molecule has 6 heteroatoms. The van der Waals surface area contributed by atoms with Crippen molar-refractivity contribution >= 4 is 17.7 Å². The van der Waals surface area contributed by atoms with Gasteiger partial charge < -0.3 is 14.2 Å². The van der Waals surface area contributed by atoms with Gasteiger partial charge in [0.25, 0.3) is 0 Å². The number of benzene rings is 2. The van der Waals surface area contributed by atoms with Crippen LogP contribution in [0, 0.1) is 0 Å². The van der Waals surface area contributed by atoms with Crippen LogP contribution in [-0.2, 0) is 27.3 Å². The molecule has 0 atom stereocenters. The van der Waals surface area contributed by atoms with Gasteiger partial charge in [-0.05, 0) is 32.4 Å². The van der Waals surface area contributed by atoms with Crippen LogP contribution in [-0.4, -0.2) is 24.8 Å². The number of carbonyl (C=O) groups excluding carboxylic acids is 2. The van der Waals surface area contributed by atoms with Crippen LogP contribution in [0.4, 0.5) is 10.5 Å². The number of hydrogen-bond acceptors (Lipinski definition) is 5. The average molecular weight is 371 g/mol. The Morgan fingerprint density at radius 1 is 1.07 bits per heavy atom. The first-order valence-electron chi connectivity index (χ1n) is 8.90. The molecule has 144 valence electrons. The fourth-order valence-electron chi connectivity index (χ4n) is 2.38. The predicted octanol–water partition coefficient (Wildman–Crippen LogP) is 4.33. The SMILES string of the molecule is CCOC(=O)Cc1ccc(NC(=O)OC(C)C)cc1OCc1ccccc1. The predicted molar refractivity (Wildman–Crippen MR) is 103 cm³/mol. The topological polar surface area (TPSA) is 73.9 Å². The molecule has 2 aromatic rings. The number of esters is 1. The monoisotopic (exact) mass is 371 g/mol. The van der Waals surface area contributed by atoms with E-state index in [1.165, 1.54) is 0 Å². The molecular formula is C21H25NO5. The zero-order valence-corrected chi connectivity index (χ0v) is 15.9. The van der Waals surface area contributed by atoms with Crippen molar-refractivity contribution < 1.29 is 23.8 Å². The Bertz CT molecular complexity index is 758. The summed E-state index contributed by atoms with van der Waals surface area (Å²) in [7, 11) is 0. The first-order valence-corrected chi connectivity index (χ1v) is 8.90. The highest BCUT2D eigenvalue weighted by molar-refractivity contribution is 5.85. The summed E-state index contributed by atoms with van der Waals surface area (Å²) in [5, 5.41) is 2.66. The Kier molecular flexibility index (Phi) is 7.67. The van der Waals surface area contributed by atoms with Gasteiger partial charge in [-0.3, -0.25) is 10.1 Å². The summed E-state index contributed by atoms with van der Waals surface area (Å²) in [5.41, 5.74) is 2.21. The van der Waals surface area contributed by atoms with E-state index >= 15 is 0 Å². The minimum atomic E-state index is -0.544. The van der Waals surface area contributed by atoms with Gasteiger partial charge >= 0.3 is 12.1 Å². The first-order chi connectivity index (χ1) is 13.0. The van der Waals surface area contributed by atoms with Crippen molar-refractivity contribution in [1.82, 2.24) is 0 Å². The van der Waals surface area contributed by atoms with Crippen LogP contribution < -0.4 is 10.1 Å². The molecule has 0 aromatic heterocycles. The zero-order chi connectivity index (χ0) is 19.6. The number of carbonyl (C=O) groups is 2. The van der Waals surface area contributed by atoms with Crippen LogP contribution in [0.15, 0.2) is 48.5 Å². The van der Waals surface area contributed by atoms with Crippen molar-refractivity contribution in [2.45, 2.75) is 39.9 Å². The molecule has 0 aliphatic rings. The lowest BCUT2D eigenvalue weighted by Crippen LogP contribution is -2.18. The van der Waals surface area contributed by atoms with Gasteiger partial charge in [0.2, 0.25) is 0 Å². The van der Waals surface area contributed by atoms with E-state index in [4.69, 9.17) is 14.2 Å². The largest absolute Gasteiger partial charge is 0.489 e. The Morgan fingerprint density at radius 3 is 2.48 bits per heavy atom. The molecule has 2 aromatic carbocycles. The van der Waals surface area contributed by atoms with Gasteiger partial charge in [0.1, 0.15) is 12.4 Å². The second-order valence-corrected chi connectivity index (χ2v) is 6.16. The molecule has 1 N–H and O–H groups in total. The van der Waals surface area contributed by atoms with Gasteiger partial charge in [0.15, 0.2) is 0 Å². The Hall–Kier alpha value is -3.02. The molecule has 0 bridgehead atoms. The lowest BCUT2D eigenvalue weighted by atomic mass is 10.1. The first kappa shape index (κ1) is 20.3. The van der Waals surface area contributed by atoms with Crippen LogP contribution in [0.1, 0.15) is 31.9 Å². The summed E-state index contributed by atoms with van der Waals surface area (Å²) in [6, 6.07) is 14.8. The quantitative estimate of drug-likeness (QED) is 0.699. The zero-order valence-electron chi connectivity index (χ0n) is 15.9. The highest BCUT2D eigenvalue weighted by Crippen LogP contribution is 2.25. The third-order valence-corrected chi connectivity index (χ3v) is 3.53. The lowest BCUT2D eigenvalue weighted by Gasteiger charge is -2.14. The van der Waals surface area contributed by atoms with Gasteiger partial charge in [-0.25, -0.2) is 4.79 Å². The van der Waals surface area contributed by atoms with Gasteiger partial charge in [-0.2, -0.15) is 0 Å². The Balaban J connectivity index is 2.16. The number of rotatable bonds is 8. The molecule has 6 nitrogen and oxygen atoms in total. The van der Waals surface area contributed by atoms with Crippen molar-refractivity contribution in [1.29, 1.82) is 0 Å². The number of nitrogens with one attached hydrogen (secondary N) is 1. The van der Waals surface area contributed by atoms with Crippen molar-refractivity contribution in [2.75, 3.05) is 11.9 Å². The minimum absolute atomic E-state index is 0.0919. The molecule has 0 unspecified atom stereocenters. The molecule has 0 fully saturated rings. The van der Waals surface area contributed by atoms with Crippen LogP contribution in [0.2, 0.25) is 0 Å². The van der Waals surface area contributed by atoms with E-state index in [2.05, 4.69) is 5.32 Å². The second-order valence-electron chi connectivity index (χ2n) is 6.16. The van der Waals surface area contributed by atoms with E-state index in [1.54, 1.807) is 39.0 Å². The molecule has 0 radical (unpaired) electrons. The van der Waals surface area contributed by atoms with E-state index in [0.29, 0.717) is 30.2 Å². The summed E-state index contributed by atoms with van der Waals surface area (Å²) in [5.74, 6) is 0.177. The van der Waals surface area contributed by atoms with Gasteiger partial charge in [0, 0.05) is 17.3 Å². The van der Waals surface area contributed by atoms with E-state index in [9.17, 15) is 9.59 Å². The fourth-order valence-corrected chi connectivity index (χ4v) is 2.38. The Morgan fingerprint density at radius 2 is 1.81 bits per heavy atom. The molecule has 27 heavy (non-hydrogen) atoms. The Labute approximate surface area is 159 Å². The molecule has 0 saturated heterocycles. The number of anilines is 1. The summed E-state index contributed by atoms with van der Waals surface area (Å²) in [6.07, 6.45) is -0.673. The van der Waals surface area contributed by atoms with Crippen molar-refractivity contribution in [3.63, 3.8) is 0 Å². The van der Waals surface area contributed by atoms with Crippen LogP contribution in [0.3, 0.4) is 0 Å². The number of amides is 1. The number of ether oxygens (including phenoxy) is 3. The van der Waals surface area contributed by atoms with Crippen molar-refractivity contribution in [3.05, 3.63) is 59.7 Å². The summed E-state index contributed by atoms with van der Waals surface area (Å²) in [6.45, 7) is 5.97. The minimum Gasteiger partial charge on any atom is -0.489 e. The van der Waals surface area contributed by atoms with Crippen molar-refractivity contribution in [2.24, 2.45) is 0 Å². The smallest absolute Gasteiger partial charge is 0.411 e. The molecule has 0 aliphatic heterocycles. The van der Waals surface area contributed by atoms with Gasteiger partial charge in [-0.15, -0.1) is 0 Å². The molecule has 0 aliphatic carbocycles. The van der Waals surface area contributed by atoms with Crippen molar-refractivity contribution in [3.8, 4) is 5.75 Å². The maximum absolute atomic E-state index is 11.9. The van der Waals surface area contributed by atoms with Crippen LogP contribution in [0.5, 0.6) is 5.75 Å². The molecule has 2 rings (SSSR count). The lowest BCUT2D eigenvalue weighted by molar-refractivity contribution is -0.142. The third kappa shape index (κ3) is 7.01. The van der Waals surface area contributed by atoms with Gasteiger partial charge in [0.05, 0.1) is 19.1 Å². The molecule has 0 saturated carbocycles. The standard InChI is InChI=1S/C21H25NO5/c1-4-25-20(23)12-17-10-11-18(22-21(24)27-15(2)3)13-19(17)26-14-16-8-6-5-7-9-16/h5-11,13,15H,4,12,14H2,1-3H3,(H,22,24). The average Bonchev–Trinajstić information content (AvgIpc) is 2.62. The summed E-state index contributed by atoms with van der Waals surface area (Å²) in [4.78, 5) is 23.7. The molecular weight excluding hydrogens is 346 g/mol. The normalized spacial score (nSPS) is 10.4. The van der Waals surface area contributed by atoms with Crippen LogP contribution >= 0.6 is 0 Å². The highest BCUT2D eigenvalue weighted by Gasteiger charge is 2.13. The van der Waals surface area contributed by atoms with E-state index in [-0.39, 0.29) is 18.5 Å². The maximum Gasteiger partial charge on any atom is 0.411 e. The summed E-state index contributed by atoms with van der Waals surface area (Å²) >= 11 is 0. The highest BCUT2D eigenvalue weighted by atomic mass is 16.6. The fraction of sp³-hybridized carbons (Fsp3) is 0.333. The molecule has 0 spiro atoms. The number of hydrogen-bond donors (Lipinski definition) is 1. The summed E-state index contributed by atoms with van der Waals surface area (Å²) < 4.78 is 16.0. The molecule has 1 amide bonds. The van der Waals surface area contributed by atoms with E-state index in [0.717, 1.165) is 5.56 Å². The second kappa shape index (κ2) is 10.2. The van der Waals surface area contributed by atoms with E-state index < -0.39 is 6.09 Å².